The van der Waals surface area contributed by atoms with Crippen molar-refractivity contribution in [2.75, 3.05) is 79.1 Å². The van der Waals surface area contributed by atoms with Gasteiger partial charge < -0.3 is 33.8 Å². The summed E-state index contributed by atoms with van der Waals surface area (Å²) >= 11 is 0. The molecule has 3 aliphatic heterocycles. The number of fused-ring (bicyclic) bond motifs is 8. The van der Waals surface area contributed by atoms with E-state index in [2.05, 4.69) is 167 Å². The number of carbonyl (C=O) groups excluding carboxylic acids is 1. The molecule has 1 atom stereocenters. The van der Waals surface area contributed by atoms with E-state index in [0.29, 0.717) is 11.3 Å². The highest BCUT2D eigenvalue weighted by Gasteiger charge is 2.44. The van der Waals surface area contributed by atoms with Crippen molar-refractivity contribution in [3.05, 3.63) is 215 Å². The molecule has 0 amide bonds. The average Bonchev–Trinajstić information content (AvgIpc) is 3.67. The molecule has 0 radical (unpaired) electrons. The summed E-state index contributed by atoms with van der Waals surface area (Å²) in [6, 6.07) is 56.8. The van der Waals surface area contributed by atoms with Crippen LogP contribution in [0, 0.1) is 5.82 Å². The molecule has 71 heavy (non-hydrogen) atoms. The average molecular weight is 939 g/mol. The van der Waals surface area contributed by atoms with Crippen LogP contribution in [0.25, 0.3) is 28.0 Å². The van der Waals surface area contributed by atoms with Crippen molar-refractivity contribution in [2.24, 2.45) is 0 Å². The maximum atomic E-state index is 13.4. The highest BCUT2D eigenvalue weighted by Crippen LogP contribution is 2.59. The molecule has 0 aromatic heterocycles. The van der Waals surface area contributed by atoms with Crippen LogP contribution < -0.4 is 33.8 Å². The van der Waals surface area contributed by atoms with Crippen LogP contribution in [0.1, 0.15) is 52.0 Å². The Labute approximate surface area is 414 Å². The van der Waals surface area contributed by atoms with Crippen LogP contribution in [0.4, 0.5) is 27.1 Å². The Kier molecular flexibility index (Phi) is 11.0. The number of carbonyl (C=O) groups is 1. The first-order valence-corrected chi connectivity index (χ1v) is 24.7. The quantitative estimate of drug-likeness (QED) is 0.105. The summed E-state index contributed by atoms with van der Waals surface area (Å²) in [5, 5.41) is 2.16. The summed E-state index contributed by atoms with van der Waals surface area (Å²) in [7, 11) is 1.77. The fourth-order valence-corrected chi connectivity index (χ4v) is 11.5. The number of methoxy groups -OCH3 is 1. The van der Waals surface area contributed by atoms with Crippen molar-refractivity contribution in [3.63, 3.8) is 0 Å². The van der Waals surface area contributed by atoms with Gasteiger partial charge in [0.15, 0.2) is 5.60 Å². The molecule has 8 nitrogen and oxygen atoms in total. The molecule has 2 fully saturated rings. The van der Waals surface area contributed by atoms with Crippen LogP contribution in [-0.2, 0) is 11.0 Å². The summed E-state index contributed by atoms with van der Waals surface area (Å²) in [4.78, 5) is 22.4. The normalized spacial score (nSPS) is 17.9. The summed E-state index contributed by atoms with van der Waals surface area (Å²) < 4.78 is 33.1. The highest BCUT2D eigenvalue weighted by molar-refractivity contribution is 6.10. The molecule has 354 valence electrons. The van der Waals surface area contributed by atoms with Crippen molar-refractivity contribution >= 4 is 45.6 Å². The first-order chi connectivity index (χ1) is 34.7. The number of benzene rings is 8. The zero-order chi connectivity index (χ0) is 48.3. The predicted octanol–water partition coefficient (Wildman–Crippen LogP) is 12.5. The van der Waals surface area contributed by atoms with E-state index >= 15 is 0 Å². The van der Waals surface area contributed by atoms with Crippen LogP contribution in [0.15, 0.2) is 176 Å². The smallest absolute Gasteiger partial charge is 0.343 e. The van der Waals surface area contributed by atoms with Gasteiger partial charge in [0.25, 0.3) is 0 Å². The van der Waals surface area contributed by atoms with Crippen LogP contribution >= 0.6 is 0 Å². The lowest BCUT2D eigenvalue weighted by Crippen LogP contribution is -2.46. The first-order valence-electron chi connectivity index (χ1n) is 24.7. The van der Waals surface area contributed by atoms with Crippen LogP contribution in [0.2, 0.25) is 0 Å². The molecule has 2 saturated heterocycles. The lowest BCUT2D eigenvalue weighted by molar-refractivity contribution is 0.0734. The monoisotopic (exact) mass is 938 g/mol. The standard InChI is InChI=1S/C62H55FN4O4/c1-61(2)54-17-11-10-16-50(54)57-52-40-55(67-38-36-66(37-39-67)48-26-28-49(29-27-48)70-60(68)42-18-22-45(63)23-19-42)56(69-3)41-53(52)59-51(58(57)61)30-31-62(71-59,43-12-6-4-7-13-43)44-20-24-47(25-21-44)65-34-32-64(33-35-65)46-14-8-5-9-15-46/h4-31,40-41H,32-39H2,1-3H3. The topological polar surface area (TPSA) is 57.7 Å². The first kappa shape index (κ1) is 44.2. The van der Waals surface area contributed by atoms with E-state index < -0.39 is 17.4 Å². The Morgan fingerprint density at radius 3 is 1.77 bits per heavy atom. The summed E-state index contributed by atoms with van der Waals surface area (Å²) in [6.45, 7) is 11.6. The number of piperazine rings is 2. The van der Waals surface area contributed by atoms with Crippen molar-refractivity contribution < 1.29 is 23.4 Å². The Morgan fingerprint density at radius 1 is 0.592 bits per heavy atom. The van der Waals surface area contributed by atoms with Gasteiger partial charge in [-0.15, -0.1) is 0 Å². The SMILES string of the molecule is COc1cc2c3c(c4c(c2cc1N1CCN(c2ccc(OC(=O)c5ccc(F)cc5)cc2)CC1)-c1ccccc1C4(C)C)C=CC(c1ccccc1)(c1ccc(N2CCN(c4ccccc4)CC2)cc1)O3. The van der Waals surface area contributed by atoms with Gasteiger partial charge in [0, 0.05) is 96.9 Å². The Morgan fingerprint density at radius 2 is 1.14 bits per heavy atom. The largest absolute Gasteiger partial charge is 0.495 e. The van der Waals surface area contributed by atoms with Gasteiger partial charge in [0.2, 0.25) is 0 Å². The third-order valence-electron chi connectivity index (χ3n) is 15.2. The number of anilines is 4. The van der Waals surface area contributed by atoms with E-state index in [0.717, 1.165) is 103 Å². The maximum absolute atomic E-state index is 13.4. The van der Waals surface area contributed by atoms with Gasteiger partial charge in [-0.25, -0.2) is 9.18 Å². The molecule has 1 aliphatic carbocycles. The van der Waals surface area contributed by atoms with E-state index in [-0.39, 0.29) is 5.41 Å². The molecule has 0 spiro atoms. The number of halogens is 1. The summed E-state index contributed by atoms with van der Waals surface area (Å²) in [5.41, 5.74) is 12.0. The number of nitrogens with zero attached hydrogens (tertiary/aromatic N) is 4. The molecule has 9 heteroatoms. The van der Waals surface area contributed by atoms with Crippen LogP contribution in [0.3, 0.4) is 0 Å². The molecular formula is C62H55FN4O4. The maximum Gasteiger partial charge on any atom is 0.343 e. The Balaban J connectivity index is 0.879. The minimum absolute atomic E-state index is 0.294. The van der Waals surface area contributed by atoms with Crippen LogP contribution in [0.5, 0.6) is 17.2 Å². The molecule has 3 heterocycles. The number of para-hydroxylation sites is 1. The fourth-order valence-electron chi connectivity index (χ4n) is 11.5. The van der Waals surface area contributed by atoms with E-state index in [1.54, 1.807) is 7.11 Å². The second-order valence-corrected chi connectivity index (χ2v) is 19.5. The lowest BCUT2D eigenvalue weighted by Gasteiger charge is -2.40. The van der Waals surface area contributed by atoms with Gasteiger partial charge >= 0.3 is 5.97 Å². The zero-order valence-electron chi connectivity index (χ0n) is 40.3. The van der Waals surface area contributed by atoms with Crippen molar-refractivity contribution in [1.29, 1.82) is 0 Å². The van der Waals surface area contributed by atoms with Crippen LogP contribution in [-0.4, -0.2) is 65.4 Å². The minimum atomic E-state index is -0.903. The molecule has 12 rings (SSSR count). The number of esters is 1. The second kappa shape index (κ2) is 17.7. The molecule has 4 aliphatic rings. The third-order valence-corrected chi connectivity index (χ3v) is 15.2. The van der Waals surface area contributed by atoms with Gasteiger partial charge in [-0.05, 0) is 119 Å². The van der Waals surface area contributed by atoms with E-state index in [4.69, 9.17) is 14.2 Å². The molecule has 0 bridgehead atoms. The third kappa shape index (κ3) is 7.71. The summed E-state index contributed by atoms with van der Waals surface area (Å²) in [6.07, 6.45) is 4.61. The molecule has 8 aromatic carbocycles. The predicted molar refractivity (Wildman–Crippen MR) is 284 cm³/mol. The lowest BCUT2D eigenvalue weighted by atomic mass is 9.76. The van der Waals surface area contributed by atoms with Crippen molar-refractivity contribution in [2.45, 2.75) is 24.9 Å². The van der Waals surface area contributed by atoms with Gasteiger partial charge in [0.05, 0.1) is 18.4 Å². The fraction of sp³-hybridized carbons (Fsp3) is 0.210. The van der Waals surface area contributed by atoms with E-state index in [1.807, 2.05) is 24.3 Å². The zero-order valence-corrected chi connectivity index (χ0v) is 40.3. The van der Waals surface area contributed by atoms with Gasteiger partial charge in [0.1, 0.15) is 23.1 Å². The van der Waals surface area contributed by atoms with E-state index in [9.17, 15) is 9.18 Å². The highest BCUT2D eigenvalue weighted by atomic mass is 19.1. The molecule has 0 N–H and O–H groups in total. The number of hydrogen-bond acceptors (Lipinski definition) is 8. The van der Waals surface area contributed by atoms with Crippen molar-refractivity contribution in [3.8, 4) is 28.4 Å². The molecule has 1 unspecified atom stereocenters. The Bertz CT molecular complexity index is 3310. The molecule has 0 saturated carbocycles. The number of rotatable bonds is 9. The second-order valence-electron chi connectivity index (χ2n) is 19.5. The minimum Gasteiger partial charge on any atom is -0.495 e. The van der Waals surface area contributed by atoms with Gasteiger partial charge in [-0.3, -0.25) is 0 Å². The Hall–Kier alpha value is -8.04. The summed E-state index contributed by atoms with van der Waals surface area (Å²) in [5.74, 6) is 1.16. The van der Waals surface area contributed by atoms with Gasteiger partial charge in [-0.2, -0.15) is 0 Å². The van der Waals surface area contributed by atoms with Crippen molar-refractivity contribution in [1.82, 2.24) is 0 Å². The molecule has 8 aromatic rings. The molecular weight excluding hydrogens is 884 g/mol. The van der Waals surface area contributed by atoms with Gasteiger partial charge in [-0.1, -0.05) is 105 Å². The number of hydrogen-bond donors (Lipinski definition) is 0. The number of ether oxygens (including phenoxy) is 3. The van der Waals surface area contributed by atoms with E-state index in [1.165, 1.54) is 57.9 Å².